The number of hydrogen-bond donors (Lipinski definition) is 1. The molecule has 0 aliphatic heterocycles. The molecule has 1 N–H and O–H groups in total. The van der Waals surface area contributed by atoms with Gasteiger partial charge >= 0.3 is 0 Å². The molecule has 0 fully saturated rings. The molecule has 2 heteroatoms. The van der Waals surface area contributed by atoms with Crippen molar-refractivity contribution < 1.29 is 0 Å². The number of thioether (sulfide) groups is 1. The summed E-state index contributed by atoms with van der Waals surface area (Å²) in [7, 11) is 0. The predicted octanol–water partition coefficient (Wildman–Crippen LogP) is 3.93. The maximum atomic E-state index is 3.53. The minimum absolute atomic E-state index is 0.749. The van der Waals surface area contributed by atoms with Crippen LogP contribution < -0.4 is 5.32 Å². The minimum Gasteiger partial charge on any atom is -0.314 e. The van der Waals surface area contributed by atoms with Crippen LogP contribution >= 0.6 is 11.8 Å². The second kappa shape index (κ2) is 10.8. The van der Waals surface area contributed by atoms with Crippen molar-refractivity contribution in [1.29, 1.82) is 0 Å². The summed E-state index contributed by atoms with van der Waals surface area (Å²) in [6.45, 7) is 10.2. The van der Waals surface area contributed by atoms with Crippen LogP contribution in [0.2, 0.25) is 0 Å². The van der Waals surface area contributed by atoms with Crippen LogP contribution in [-0.4, -0.2) is 24.1 Å². The maximum absolute atomic E-state index is 3.53. The second-order valence-electron chi connectivity index (χ2n) is 4.39. The average Bonchev–Trinajstić information content (AvgIpc) is 2.26. The Kier molecular flexibility index (Phi) is 11.0. The lowest BCUT2D eigenvalue weighted by atomic mass is 10.1. The highest BCUT2D eigenvalue weighted by Crippen LogP contribution is 2.14. The van der Waals surface area contributed by atoms with Crippen LogP contribution in [0.15, 0.2) is 0 Å². The fraction of sp³-hybridized carbons (Fsp3) is 1.00. The molecular weight excluding hydrogens is 202 g/mol. The Balaban J connectivity index is 3.28. The van der Waals surface area contributed by atoms with Crippen molar-refractivity contribution in [2.45, 2.75) is 59.4 Å². The standard InChI is InChI=1S/C13H29NS/c1-5-12(4)11-15-10-8-9-13(6-2)14-7-3/h12-14H,5-11H2,1-4H3. The molecule has 0 aliphatic rings. The first-order valence-corrected chi connectivity index (χ1v) is 7.71. The van der Waals surface area contributed by atoms with Gasteiger partial charge < -0.3 is 5.32 Å². The quantitative estimate of drug-likeness (QED) is 0.572. The van der Waals surface area contributed by atoms with Crippen LogP contribution in [0.4, 0.5) is 0 Å². The van der Waals surface area contributed by atoms with Crippen LogP contribution in [0.5, 0.6) is 0 Å². The van der Waals surface area contributed by atoms with Crippen LogP contribution in [0, 0.1) is 5.92 Å². The molecule has 0 radical (unpaired) electrons. The van der Waals surface area contributed by atoms with Gasteiger partial charge in [0.25, 0.3) is 0 Å². The van der Waals surface area contributed by atoms with E-state index in [1.807, 2.05) is 0 Å². The van der Waals surface area contributed by atoms with Crippen molar-refractivity contribution in [3.8, 4) is 0 Å². The van der Waals surface area contributed by atoms with Crippen molar-refractivity contribution >= 4 is 11.8 Å². The van der Waals surface area contributed by atoms with Crippen LogP contribution in [0.1, 0.15) is 53.4 Å². The summed E-state index contributed by atoms with van der Waals surface area (Å²) in [5.41, 5.74) is 0. The SMILES string of the molecule is CCNC(CC)CCCSCC(C)CC. The van der Waals surface area contributed by atoms with E-state index in [1.54, 1.807) is 0 Å². The molecule has 0 saturated heterocycles. The fourth-order valence-electron chi connectivity index (χ4n) is 1.57. The smallest absolute Gasteiger partial charge is 0.00646 e. The molecule has 0 bridgehead atoms. The van der Waals surface area contributed by atoms with Crippen LogP contribution in [0.25, 0.3) is 0 Å². The zero-order chi connectivity index (χ0) is 11.5. The summed E-state index contributed by atoms with van der Waals surface area (Å²) in [6.07, 6.45) is 5.30. The van der Waals surface area contributed by atoms with Gasteiger partial charge in [-0.2, -0.15) is 11.8 Å². The van der Waals surface area contributed by atoms with Crippen LogP contribution in [0.3, 0.4) is 0 Å². The Hall–Kier alpha value is 0.310. The van der Waals surface area contributed by atoms with Gasteiger partial charge in [-0.05, 0) is 43.2 Å². The molecule has 0 aromatic carbocycles. The fourth-order valence-corrected chi connectivity index (χ4v) is 2.75. The van der Waals surface area contributed by atoms with E-state index < -0.39 is 0 Å². The molecule has 2 unspecified atom stereocenters. The van der Waals surface area contributed by atoms with E-state index in [2.05, 4.69) is 44.8 Å². The van der Waals surface area contributed by atoms with Crippen molar-refractivity contribution in [3.63, 3.8) is 0 Å². The van der Waals surface area contributed by atoms with Crippen molar-refractivity contribution in [2.24, 2.45) is 5.92 Å². The lowest BCUT2D eigenvalue weighted by Crippen LogP contribution is -2.28. The van der Waals surface area contributed by atoms with Gasteiger partial charge in [0.1, 0.15) is 0 Å². The summed E-state index contributed by atoms with van der Waals surface area (Å²) in [6, 6.07) is 0.749. The van der Waals surface area contributed by atoms with Crippen molar-refractivity contribution in [2.75, 3.05) is 18.1 Å². The van der Waals surface area contributed by atoms with E-state index in [1.165, 1.54) is 37.2 Å². The van der Waals surface area contributed by atoms with Gasteiger partial charge in [-0.3, -0.25) is 0 Å². The molecule has 0 heterocycles. The van der Waals surface area contributed by atoms with Crippen molar-refractivity contribution in [3.05, 3.63) is 0 Å². The zero-order valence-electron chi connectivity index (χ0n) is 11.0. The molecule has 0 aromatic rings. The largest absolute Gasteiger partial charge is 0.314 e. The lowest BCUT2D eigenvalue weighted by Gasteiger charge is -2.15. The number of hydrogen-bond acceptors (Lipinski definition) is 2. The Morgan fingerprint density at radius 2 is 1.87 bits per heavy atom. The van der Waals surface area contributed by atoms with Gasteiger partial charge in [-0.1, -0.05) is 34.1 Å². The molecule has 92 valence electrons. The highest BCUT2D eigenvalue weighted by Gasteiger charge is 2.04. The molecule has 1 nitrogen and oxygen atoms in total. The summed E-state index contributed by atoms with van der Waals surface area (Å²) in [5.74, 6) is 3.58. The molecule has 0 amide bonds. The number of nitrogens with one attached hydrogen (secondary N) is 1. The van der Waals surface area contributed by atoms with Crippen LogP contribution in [-0.2, 0) is 0 Å². The summed E-state index contributed by atoms with van der Waals surface area (Å²) >= 11 is 2.13. The highest BCUT2D eigenvalue weighted by molar-refractivity contribution is 7.99. The van der Waals surface area contributed by atoms with E-state index >= 15 is 0 Å². The third-order valence-electron chi connectivity index (χ3n) is 2.93. The molecule has 2 atom stereocenters. The van der Waals surface area contributed by atoms with E-state index in [-0.39, 0.29) is 0 Å². The zero-order valence-corrected chi connectivity index (χ0v) is 11.8. The van der Waals surface area contributed by atoms with Gasteiger partial charge in [0.15, 0.2) is 0 Å². The molecular formula is C13H29NS. The molecule has 0 aliphatic carbocycles. The van der Waals surface area contributed by atoms with Gasteiger partial charge in [-0.25, -0.2) is 0 Å². The predicted molar refractivity (Wildman–Crippen MR) is 73.8 cm³/mol. The second-order valence-corrected chi connectivity index (χ2v) is 5.54. The molecule has 0 saturated carbocycles. The Morgan fingerprint density at radius 3 is 2.40 bits per heavy atom. The molecule has 15 heavy (non-hydrogen) atoms. The normalized spacial score (nSPS) is 15.2. The van der Waals surface area contributed by atoms with E-state index in [0.717, 1.165) is 18.5 Å². The maximum Gasteiger partial charge on any atom is 0.00646 e. The molecule has 0 rings (SSSR count). The monoisotopic (exact) mass is 231 g/mol. The number of rotatable bonds is 10. The van der Waals surface area contributed by atoms with E-state index in [9.17, 15) is 0 Å². The lowest BCUT2D eigenvalue weighted by molar-refractivity contribution is 0.477. The first-order chi connectivity index (χ1) is 7.24. The topological polar surface area (TPSA) is 12.0 Å². The summed E-state index contributed by atoms with van der Waals surface area (Å²) < 4.78 is 0. The molecule has 0 spiro atoms. The van der Waals surface area contributed by atoms with Gasteiger partial charge in [-0.15, -0.1) is 0 Å². The van der Waals surface area contributed by atoms with Crippen molar-refractivity contribution in [1.82, 2.24) is 5.32 Å². The molecule has 0 aromatic heterocycles. The van der Waals surface area contributed by atoms with Gasteiger partial charge in [0.2, 0.25) is 0 Å². The van der Waals surface area contributed by atoms with Gasteiger partial charge in [0, 0.05) is 6.04 Å². The average molecular weight is 231 g/mol. The summed E-state index contributed by atoms with van der Waals surface area (Å²) in [4.78, 5) is 0. The third-order valence-corrected chi connectivity index (χ3v) is 4.31. The van der Waals surface area contributed by atoms with E-state index in [0.29, 0.717) is 0 Å². The Labute approximate surface area is 101 Å². The summed E-state index contributed by atoms with van der Waals surface area (Å²) in [5, 5.41) is 3.53. The third kappa shape index (κ3) is 9.25. The first-order valence-electron chi connectivity index (χ1n) is 6.55. The Bertz CT molecular complexity index is 128. The highest BCUT2D eigenvalue weighted by atomic mass is 32.2. The first kappa shape index (κ1) is 15.3. The van der Waals surface area contributed by atoms with E-state index in [4.69, 9.17) is 0 Å². The minimum atomic E-state index is 0.749. The Morgan fingerprint density at radius 1 is 1.13 bits per heavy atom. The van der Waals surface area contributed by atoms with Gasteiger partial charge in [0.05, 0.1) is 0 Å².